The largest absolute Gasteiger partial charge is 0.384 e. The highest BCUT2D eigenvalue weighted by atomic mass is 19.1. The number of anilines is 1. The van der Waals surface area contributed by atoms with Gasteiger partial charge in [-0.3, -0.25) is 5.41 Å². The van der Waals surface area contributed by atoms with Crippen molar-refractivity contribution in [1.82, 2.24) is 9.97 Å². The molecule has 0 fully saturated rings. The molecule has 0 amide bonds. The number of nitrogen functional groups attached to an aromatic ring is 2. The summed E-state index contributed by atoms with van der Waals surface area (Å²) in [4.78, 5) is 8.05. The molecule has 3 rings (SSSR count). The highest BCUT2D eigenvalue weighted by Crippen LogP contribution is 2.31. The van der Waals surface area contributed by atoms with Gasteiger partial charge in [-0.15, -0.1) is 10.2 Å². The van der Waals surface area contributed by atoms with Crippen molar-refractivity contribution in [2.45, 2.75) is 0 Å². The van der Waals surface area contributed by atoms with Gasteiger partial charge in [0.15, 0.2) is 11.6 Å². The van der Waals surface area contributed by atoms with Crippen molar-refractivity contribution in [1.29, 1.82) is 5.41 Å². The molecular formula is C15H12FN7. The maximum Gasteiger partial charge on any atom is 0.174 e. The minimum Gasteiger partial charge on any atom is -0.384 e. The predicted octanol–water partition coefficient (Wildman–Crippen LogP) is 3.05. The Kier molecular flexibility index (Phi) is 3.63. The molecule has 0 aliphatic rings. The molecule has 23 heavy (non-hydrogen) atoms. The zero-order valence-corrected chi connectivity index (χ0v) is 11.9. The highest BCUT2D eigenvalue weighted by molar-refractivity contribution is 5.96. The summed E-state index contributed by atoms with van der Waals surface area (Å²) in [5, 5.41) is 16.5. The Morgan fingerprint density at radius 3 is 2.61 bits per heavy atom. The van der Waals surface area contributed by atoms with E-state index < -0.39 is 5.82 Å². The SMILES string of the molecule is N=C(N)c1ccc(N=Nc2c(N)ncc3ccc(F)cc23)nc1. The number of pyridine rings is 2. The second kappa shape index (κ2) is 5.76. The molecule has 0 saturated carbocycles. The van der Waals surface area contributed by atoms with Crippen LogP contribution in [0.4, 0.5) is 21.7 Å². The predicted molar refractivity (Wildman–Crippen MR) is 85.5 cm³/mol. The van der Waals surface area contributed by atoms with E-state index in [4.69, 9.17) is 16.9 Å². The molecule has 3 aromatic rings. The van der Waals surface area contributed by atoms with Gasteiger partial charge in [0.05, 0.1) is 0 Å². The molecule has 0 spiro atoms. The van der Waals surface area contributed by atoms with Gasteiger partial charge in [-0.25, -0.2) is 14.4 Å². The zero-order chi connectivity index (χ0) is 16.4. The summed E-state index contributed by atoms with van der Waals surface area (Å²) < 4.78 is 13.5. The normalized spacial score (nSPS) is 11.2. The monoisotopic (exact) mass is 309 g/mol. The number of hydrogen-bond acceptors (Lipinski definition) is 6. The minimum absolute atomic E-state index is 0.0843. The topological polar surface area (TPSA) is 126 Å². The van der Waals surface area contributed by atoms with Crippen LogP contribution in [0, 0.1) is 11.2 Å². The molecule has 2 aromatic heterocycles. The van der Waals surface area contributed by atoms with Crippen LogP contribution in [-0.4, -0.2) is 15.8 Å². The summed E-state index contributed by atoms with van der Waals surface area (Å²) in [6.45, 7) is 0. The molecule has 114 valence electrons. The number of amidine groups is 1. The fourth-order valence-corrected chi connectivity index (χ4v) is 2.00. The molecule has 5 N–H and O–H groups in total. The molecule has 7 nitrogen and oxygen atoms in total. The lowest BCUT2D eigenvalue weighted by atomic mass is 10.1. The van der Waals surface area contributed by atoms with Crippen molar-refractivity contribution in [2.24, 2.45) is 16.0 Å². The van der Waals surface area contributed by atoms with Crippen LogP contribution in [0.2, 0.25) is 0 Å². The van der Waals surface area contributed by atoms with Gasteiger partial charge in [-0.2, -0.15) is 0 Å². The first kappa shape index (κ1) is 14.5. The number of halogens is 1. The molecule has 0 bridgehead atoms. The Labute approximate surface area is 130 Å². The Morgan fingerprint density at radius 2 is 1.91 bits per heavy atom. The first-order chi connectivity index (χ1) is 11.0. The van der Waals surface area contributed by atoms with Gasteiger partial charge in [0.25, 0.3) is 0 Å². The van der Waals surface area contributed by atoms with Crippen LogP contribution in [0.5, 0.6) is 0 Å². The number of nitrogens with two attached hydrogens (primary N) is 2. The maximum atomic E-state index is 13.5. The summed E-state index contributed by atoms with van der Waals surface area (Å²) in [5.41, 5.74) is 11.9. The first-order valence-electron chi connectivity index (χ1n) is 6.60. The lowest BCUT2D eigenvalue weighted by Gasteiger charge is -2.04. The van der Waals surface area contributed by atoms with Gasteiger partial charge in [0.1, 0.15) is 17.3 Å². The smallest absolute Gasteiger partial charge is 0.174 e. The molecule has 0 aliphatic heterocycles. The van der Waals surface area contributed by atoms with Gasteiger partial charge in [-0.1, -0.05) is 0 Å². The second-order valence-electron chi connectivity index (χ2n) is 4.74. The number of nitrogens with one attached hydrogen (secondary N) is 1. The van der Waals surface area contributed by atoms with Crippen LogP contribution >= 0.6 is 0 Å². The average Bonchev–Trinajstić information content (AvgIpc) is 2.54. The summed E-state index contributed by atoms with van der Waals surface area (Å²) in [6, 6.07) is 7.43. The van der Waals surface area contributed by atoms with Crippen molar-refractivity contribution < 1.29 is 4.39 Å². The van der Waals surface area contributed by atoms with E-state index in [9.17, 15) is 4.39 Å². The number of aromatic nitrogens is 2. The van der Waals surface area contributed by atoms with Crippen LogP contribution in [0.3, 0.4) is 0 Å². The van der Waals surface area contributed by atoms with Gasteiger partial charge in [0.2, 0.25) is 0 Å². The third kappa shape index (κ3) is 2.95. The number of benzene rings is 1. The molecular weight excluding hydrogens is 297 g/mol. The molecule has 0 radical (unpaired) electrons. The molecule has 1 aromatic carbocycles. The van der Waals surface area contributed by atoms with Crippen LogP contribution < -0.4 is 11.5 Å². The maximum absolute atomic E-state index is 13.5. The quantitative estimate of drug-likeness (QED) is 0.390. The van der Waals surface area contributed by atoms with Crippen LogP contribution in [0.15, 0.2) is 53.0 Å². The van der Waals surface area contributed by atoms with Gasteiger partial charge in [0, 0.05) is 28.7 Å². The minimum atomic E-state index is -0.400. The molecule has 2 heterocycles. The summed E-state index contributed by atoms with van der Waals surface area (Å²) >= 11 is 0. The van der Waals surface area contributed by atoms with Gasteiger partial charge >= 0.3 is 0 Å². The Hall–Kier alpha value is -3.42. The summed E-state index contributed by atoms with van der Waals surface area (Å²) in [5.74, 6) is -0.0301. The lowest BCUT2D eigenvalue weighted by molar-refractivity contribution is 0.630. The number of rotatable bonds is 3. The van der Waals surface area contributed by atoms with E-state index >= 15 is 0 Å². The standard InChI is InChI=1S/C15H12FN7/c16-10-3-1-8-6-21-15(19)13(11(8)5-10)23-22-12-4-2-9(7-20-12)14(17)18/h1-7H,(H3,17,18)(H2,19,21). The van der Waals surface area contributed by atoms with Gasteiger partial charge in [-0.05, 0) is 30.3 Å². The third-order valence-electron chi connectivity index (χ3n) is 3.17. The molecule has 8 heteroatoms. The van der Waals surface area contributed by atoms with E-state index in [0.717, 1.165) is 0 Å². The van der Waals surface area contributed by atoms with Crippen LogP contribution in [-0.2, 0) is 0 Å². The van der Waals surface area contributed by atoms with E-state index in [-0.39, 0.29) is 17.3 Å². The van der Waals surface area contributed by atoms with E-state index in [1.165, 1.54) is 18.3 Å². The van der Waals surface area contributed by atoms with Crippen molar-refractivity contribution in [3.8, 4) is 0 Å². The summed E-state index contributed by atoms with van der Waals surface area (Å²) in [6.07, 6.45) is 2.96. The van der Waals surface area contributed by atoms with E-state index in [1.54, 1.807) is 24.4 Å². The fraction of sp³-hybridized carbons (Fsp3) is 0. The van der Waals surface area contributed by atoms with E-state index in [0.29, 0.717) is 22.2 Å². The van der Waals surface area contributed by atoms with Crippen LogP contribution in [0.1, 0.15) is 5.56 Å². The van der Waals surface area contributed by atoms with Crippen LogP contribution in [0.25, 0.3) is 10.8 Å². The highest BCUT2D eigenvalue weighted by Gasteiger charge is 2.08. The Bertz CT molecular complexity index is 914. The van der Waals surface area contributed by atoms with E-state index in [2.05, 4.69) is 20.2 Å². The first-order valence-corrected chi connectivity index (χ1v) is 6.60. The van der Waals surface area contributed by atoms with Crippen molar-refractivity contribution in [3.63, 3.8) is 0 Å². The zero-order valence-electron chi connectivity index (χ0n) is 11.9. The van der Waals surface area contributed by atoms with Crippen molar-refractivity contribution in [2.75, 3.05) is 5.73 Å². The third-order valence-corrected chi connectivity index (χ3v) is 3.17. The van der Waals surface area contributed by atoms with Crippen molar-refractivity contribution >= 4 is 33.9 Å². The number of azo groups is 1. The number of hydrogen-bond donors (Lipinski definition) is 3. The second-order valence-corrected chi connectivity index (χ2v) is 4.74. The molecule has 0 saturated heterocycles. The van der Waals surface area contributed by atoms with Crippen molar-refractivity contribution in [3.05, 3.63) is 54.1 Å². The fourth-order valence-electron chi connectivity index (χ4n) is 2.00. The Balaban J connectivity index is 2.01. The summed E-state index contributed by atoms with van der Waals surface area (Å²) in [7, 11) is 0. The number of fused-ring (bicyclic) bond motifs is 1. The molecule has 0 atom stereocenters. The van der Waals surface area contributed by atoms with E-state index in [1.807, 2.05) is 0 Å². The van der Waals surface area contributed by atoms with Gasteiger partial charge < -0.3 is 11.5 Å². The number of nitrogens with zero attached hydrogens (tertiary/aromatic N) is 4. The average molecular weight is 309 g/mol. The Morgan fingerprint density at radius 1 is 1.09 bits per heavy atom. The molecule has 0 aliphatic carbocycles. The molecule has 0 unspecified atom stereocenters. The lowest BCUT2D eigenvalue weighted by Crippen LogP contribution is -2.10.